The topological polar surface area (TPSA) is 50.2 Å². The van der Waals surface area contributed by atoms with Gasteiger partial charge in [-0.1, -0.05) is 12.2 Å². The third-order valence-electron chi connectivity index (χ3n) is 4.08. The fourth-order valence-corrected chi connectivity index (χ4v) is 2.62. The number of carbonyl (C=O) groups excluding carboxylic acids is 1. The number of nitrogens with one attached hydrogen (secondary N) is 1. The van der Waals surface area contributed by atoms with Crippen LogP contribution in [0.3, 0.4) is 0 Å². The van der Waals surface area contributed by atoms with E-state index in [2.05, 4.69) is 34.4 Å². The highest BCUT2D eigenvalue weighted by Crippen LogP contribution is 2.16. The lowest BCUT2D eigenvalue weighted by Crippen LogP contribution is -2.38. The van der Waals surface area contributed by atoms with Crippen molar-refractivity contribution < 1.29 is 4.79 Å². The van der Waals surface area contributed by atoms with E-state index in [1.807, 2.05) is 6.92 Å². The Morgan fingerprint density at radius 1 is 1.48 bits per heavy atom. The number of likely N-dealkylation sites (tertiary alicyclic amines) is 1. The van der Waals surface area contributed by atoms with Crippen LogP contribution >= 0.6 is 0 Å². The second-order valence-electron chi connectivity index (χ2n) is 5.61. The molecule has 1 aliphatic rings. The number of amides is 1. The molecule has 0 aromatic carbocycles. The highest BCUT2D eigenvalue weighted by Gasteiger charge is 2.19. The minimum Gasteiger partial charge on any atom is -0.352 e. The summed E-state index contributed by atoms with van der Waals surface area (Å²) >= 11 is 0. The van der Waals surface area contributed by atoms with Gasteiger partial charge in [0.2, 0.25) is 0 Å². The van der Waals surface area contributed by atoms with Gasteiger partial charge in [-0.3, -0.25) is 14.4 Å². The van der Waals surface area contributed by atoms with Crippen LogP contribution in [-0.2, 0) is 6.54 Å². The lowest BCUT2D eigenvalue weighted by atomic mass is 9.96. The summed E-state index contributed by atoms with van der Waals surface area (Å²) in [6, 6.07) is 0. The molecule has 5 nitrogen and oxygen atoms in total. The molecule has 21 heavy (non-hydrogen) atoms. The Hall–Kier alpha value is -1.62. The monoisotopic (exact) mass is 290 g/mol. The Morgan fingerprint density at radius 2 is 2.24 bits per heavy atom. The fourth-order valence-electron chi connectivity index (χ4n) is 2.62. The average Bonchev–Trinajstić information content (AvgIpc) is 3.00. The number of nitrogens with zero attached hydrogens (tertiary/aromatic N) is 3. The first kappa shape index (κ1) is 15.8. The minimum absolute atomic E-state index is 0.00829. The number of aryl methyl sites for hydroxylation is 1. The van der Waals surface area contributed by atoms with Crippen LogP contribution in [0.4, 0.5) is 0 Å². The van der Waals surface area contributed by atoms with Crippen LogP contribution in [0.15, 0.2) is 24.5 Å². The van der Waals surface area contributed by atoms with Gasteiger partial charge in [-0.2, -0.15) is 5.10 Å². The van der Waals surface area contributed by atoms with Crippen LogP contribution < -0.4 is 5.32 Å². The molecular formula is C16H26N4O. The maximum absolute atomic E-state index is 12.0. The molecule has 0 saturated carbocycles. The van der Waals surface area contributed by atoms with Crippen molar-refractivity contribution in [1.29, 1.82) is 0 Å². The molecule has 1 aromatic rings. The molecule has 5 heteroatoms. The fraction of sp³-hybridized carbons (Fsp3) is 0.625. The van der Waals surface area contributed by atoms with Gasteiger partial charge in [-0.05, 0) is 45.7 Å². The molecule has 1 fully saturated rings. The molecule has 0 atom stereocenters. The molecule has 1 aromatic heterocycles. The van der Waals surface area contributed by atoms with Gasteiger partial charge in [0, 0.05) is 25.8 Å². The van der Waals surface area contributed by atoms with E-state index in [1.54, 1.807) is 17.1 Å². The number of piperidine rings is 1. The van der Waals surface area contributed by atoms with Crippen LogP contribution in [0.1, 0.15) is 37.0 Å². The summed E-state index contributed by atoms with van der Waals surface area (Å²) in [4.78, 5) is 14.5. The van der Waals surface area contributed by atoms with Gasteiger partial charge in [0.25, 0.3) is 5.91 Å². The summed E-state index contributed by atoms with van der Waals surface area (Å²) in [6.45, 7) is 8.92. The summed E-state index contributed by atoms with van der Waals surface area (Å²) in [6.07, 6.45) is 10.1. The van der Waals surface area contributed by atoms with Crippen LogP contribution in [0.25, 0.3) is 0 Å². The largest absolute Gasteiger partial charge is 0.352 e. The molecule has 0 unspecified atom stereocenters. The molecule has 0 aliphatic carbocycles. The van der Waals surface area contributed by atoms with Crippen LogP contribution in [0.2, 0.25) is 0 Å². The third kappa shape index (κ3) is 4.70. The van der Waals surface area contributed by atoms with E-state index in [1.165, 1.54) is 0 Å². The Labute approximate surface area is 127 Å². The maximum atomic E-state index is 12.0. The number of allylic oxidation sites excluding steroid dienone is 1. The lowest BCUT2D eigenvalue weighted by molar-refractivity contribution is 0.0937. The molecule has 2 rings (SSSR count). The first-order valence-electron chi connectivity index (χ1n) is 7.87. The highest BCUT2D eigenvalue weighted by atomic mass is 16.1. The number of hydrogen-bond acceptors (Lipinski definition) is 3. The van der Waals surface area contributed by atoms with Crippen molar-refractivity contribution in [1.82, 2.24) is 20.0 Å². The van der Waals surface area contributed by atoms with Crippen LogP contribution in [0, 0.1) is 5.92 Å². The second kappa shape index (κ2) is 7.98. The van der Waals surface area contributed by atoms with Gasteiger partial charge in [0.1, 0.15) is 0 Å². The number of hydrogen-bond donors (Lipinski definition) is 1. The molecular weight excluding hydrogens is 264 g/mol. The van der Waals surface area contributed by atoms with Crippen LogP contribution in [-0.4, -0.2) is 46.8 Å². The van der Waals surface area contributed by atoms with Crippen molar-refractivity contribution in [3.05, 3.63) is 30.1 Å². The zero-order valence-electron chi connectivity index (χ0n) is 13.1. The second-order valence-corrected chi connectivity index (χ2v) is 5.61. The summed E-state index contributed by atoms with van der Waals surface area (Å²) < 4.78 is 1.77. The Bertz CT molecular complexity index is 472. The van der Waals surface area contributed by atoms with Crippen molar-refractivity contribution >= 4 is 5.91 Å². The Balaban J connectivity index is 1.70. The maximum Gasteiger partial charge on any atom is 0.254 e. The van der Waals surface area contributed by atoms with Crippen molar-refractivity contribution in [3.63, 3.8) is 0 Å². The van der Waals surface area contributed by atoms with E-state index >= 15 is 0 Å². The molecule has 1 saturated heterocycles. The molecule has 116 valence electrons. The van der Waals surface area contributed by atoms with Gasteiger partial charge in [-0.25, -0.2) is 0 Å². The minimum atomic E-state index is -0.00829. The van der Waals surface area contributed by atoms with Crippen molar-refractivity contribution in [3.8, 4) is 0 Å². The van der Waals surface area contributed by atoms with E-state index in [4.69, 9.17) is 0 Å². The van der Waals surface area contributed by atoms with Crippen molar-refractivity contribution in [2.75, 3.05) is 26.2 Å². The Kier molecular flexibility index (Phi) is 5.99. The van der Waals surface area contributed by atoms with E-state index < -0.39 is 0 Å². The summed E-state index contributed by atoms with van der Waals surface area (Å²) in [7, 11) is 0. The van der Waals surface area contributed by atoms with E-state index in [9.17, 15) is 4.79 Å². The number of aromatic nitrogens is 2. The van der Waals surface area contributed by atoms with E-state index in [0.29, 0.717) is 11.5 Å². The highest BCUT2D eigenvalue weighted by molar-refractivity contribution is 5.93. The number of carbonyl (C=O) groups is 1. The Morgan fingerprint density at radius 3 is 2.86 bits per heavy atom. The molecule has 1 N–H and O–H groups in total. The first-order valence-corrected chi connectivity index (χ1v) is 7.87. The predicted octanol–water partition coefficient (Wildman–Crippen LogP) is 1.92. The summed E-state index contributed by atoms with van der Waals surface area (Å²) in [5.74, 6) is 0.586. The van der Waals surface area contributed by atoms with Gasteiger partial charge >= 0.3 is 0 Å². The molecule has 2 heterocycles. The molecule has 1 aliphatic heterocycles. The molecule has 0 bridgehead atoms. The smallest absolute Gasteiger partial charge is 0.254 e. The average molecular weight is 290 g/mol. The van der Waals surface area contributed by atoms with Crippen molar-refractivity contribution in [2.45, 2.75) is 33.2 Å². The third-order valence-corrected chi connectivity index (χ3v) is 4.08. The molecule has 0 spiro atoms. The zero-order valence-corrected chi connectivity index (χ0v) is 13.1. The van der Waals surface area contributed by atoms with Gasteiger partial charge in [0.15, 0.2) is 0 Å². The SMILES string of the molecule is C/C=C/CN1CCC(CNC(=O)c2cnn(CC)c2)CC1. The van der Waals surface area contributed by atoms with Gasteiger partial charge < -0.3 is 5.32 Å². The quantitative estimate of drug-likeness (QED) is 0.814. The van der Waals surface area contributed by atoms with Crippen molar-refractivity contribution in [2.24, 2.45) is 5.92 Å². The molecule has 1 amide bonds. The standard InChI is InChI=1S/C16H26N4O/c1-3-5-8-19-9-6-14(7-10-19)11-17-16(21)15-12-18-20(4-2)13-15/h3,5,12-14H,4,6-11H2,1-2H3,(H,17,21)/b5-3+. The van der Waals surface area contributed by atoms with Gasteiger partial charge in [0.05, 0.1) is 11.8 Å². The number of rotatable bonds is 6. The normalized spacial score (nSPS) is 17.4. The first-order chi connectivity index (χ1) is 10.2. The predicted molar refractivity (Wildman–Crippen MR) is 84.2 cm³/mol. The summed E-state index contributed by atoms with van der Waals surface area (Å²) in [5.41, 5.74) is 0.655. The van der Waals surface area contributed by atoms with Gasteiger partial charge in [-0.15, -0.1) is 0 Å². The lowest BCUT2D eigenvalue weighted by Gasteiger charge is -2.31. The van der Waals surface area contributed by atoms with E-state index in [0.717, 1.165) is 45.6 Å². The summed E-state index contributed by atoms with van der Waals surface area (Å²) in [5, 5.41) is 7.17. The molecule has 0 radical (unpaired) electrons. The van der Waals surface area contributed by atoms with Crippen LogP contribution in [0.5, 0.6) is 0 Å². The van der Waals surface area contributed by atoms with E-state index in [-0.39, 0.29) is 5.91 Å². The zero-order chi connectivity index (χ0) is 15.1.